The minimum Gasteiger partial charge on any atom is -0.399 e. The summed E-state index contributed by atoms with van der Waals surface area (Å²) >= 11 is 9.77. The van der Waals surface area contributed by atoms with Crippen LogP contribution in [0.5, 0.6) is 0 Å². The number of hydrogen-bond acceptors (Lipinski definition) is 6. The number of nitrogens with two attached hydrogens (primary N) is 1. The van der Waals surface area contributed by atoms with Crippen LogP contribution in [0.25, 0.3) is 0 Å². The number of carbonyl (C=O) groups excluding carboxylic acids is 1. The number of rotatable bonds is 3. The van der Waals surface area contributed by atoms with E-state index < -0.39 is 0 Å². The van der Waals surface area contributed by atoms with E-state index in [0.29, 0.717) is 0 Å². The van der Waals surface area contributed by atoms with Gasteiger partial charge >= 0.3 is 0 Å². The highest BCUT2D eigenvalue weighted by Crippen LogP contribution is 2.21. The van der Waals surface area contributed by atoms with E-state index >= 15 is 0 Å². The van der Waals surface area contributed by atoms with Gasteiger partial charge in [-0.15, -0.1) is 22.7 Å². The number of anilines is 1. The zero-order valence-electron chi connectivity index (χ0n) is 19.2. The van der Waals surface area contributed by atoms with Crippen LogP contribution < -0.4 is 5.73 Å². The molecule has 4 rings (SSSR count). The molecule has 0 unspecified atom stereocenters. The molecule has 0 saturated carbocycles. The van der Waals surface area contributed by atoms with E-state index in [4.69, 9.17) is 10.8 Å². The number of aliphatic imine (C=N–C) groups is 1. The minimum absolute atomic E-state index is 0.250. The third-order valence-electron chi connectivity index (χ3n) is 3.76. The van der Waals surface area contributed by atoms with Crippen molar-refractivity contribution in [2.75, 3.05) is 12.3 Å². The van der Waals surface area contributed by atoms with Gasteiger partial charge in [-0.25, -0.2) is 0 Å². The van der Waals surface area contributed by atoms with E-state index in [9.17, 15) is 4.79 Å². The highest BCUT2D eigenvalue weighted by Gasteiger charge is 1.93. The van der Waals surface area contributed by atoms with Gasteiger partial charge in [-0.3, -0.25) is 9.79 Å². The lowest BCUT2D eigenvalue weighted by atomic mass is 10.2. The van der Waals surface area contributed by atoms with Crippen LogP contribution in [0.3, 0.4) is 0 Å². The molecular formula is C26H28Br2N2O2S2. The van der Waals surface area contributed by atoms with Crippen LogP contribution >= 0.6 is 54.5 Å². The molecule has 0 aliphatic rings. The highest BCUT2D eigenvalue weighted by molar-refractivity contribution is 9.11. The smallest absolute Gasteiger partial charge is 0.160 e. The van der Waals surface area contributed by atoms with Gasteiger partial charge in [0.05, 0.1) is 18.1 Å². The molecule has 2 heterocycles. The number of carbonyl (C=O) groups is 1. The topological polar surface area (TPSA) is 75.7 Å². The molecule has 0 atom stereocenters. The maximum absolute atomic E-state index is 10.0. The fourth-order valence-electron chi connectivity index (χ4n) is 2.12. The number of aliphatic hydroxyl groups excluding tert-OH is 1. The summed E-state index contributed by atoms with van der Waals surface area (Å²) in [7, 11) is 0. The molecule has 8 heteroatoms. The summed E-state index contributed by atoms with van der Waals surface area (Å²) in [6.07, 6.45) is 2.73. The largest absolute Gasteiger partial charge is 0.399 e. The quantitative estimate of drug-likeness (QED) is 0.136. The van der Waals surface area contributed by atoms with Crippen molar-refractivity contribution in [3.8, 4) is 0 Å². The summed E-state index contributed by atoms with van der Waals surface area (Å²) in [6.45, 7) is 6.04. The Hall–Kier alpha value is -2.10. The summed E-state index contributed by atoms with van der Waals surface area (Å²) in [5.74, 6) is 0. The third-order valence-corrected chi connectivity index (χ3v) is 6.86. The van der Waals surface area contributed by atoms with Crippen molar-refractivity contribution < 1.29 is 9.90 Å². The monoisotopic (exact) mass is 622 g/mol. The maximum atomic E-state index is 10.0. The lowest BCUT2D eigenvalue weighted by Crippen LogP contribution is -1.81. The Labute approximate surface area is 226 Å². The molecule has 2 aromatic heterocycles. The first-order valence-corrected chi connectivity index (χ1v) is 13.5. The Bertz CT molecular complexity index is 1100. The first-order chi connectivity index (χ1) is 16.3. The van der Waals surface area contributed by atoms with Crippen molar-refractivity contribution >= 4 is 78.4 Å². The fraction of sp³-hybridized carbons (Fsp3) is 0.154. The van der Waals surface area contributed by atoms with Gasteiger partial charge in [0.15, 0.2) is 6.29 Å². The van der Waals surface area contributed by atoms with E-state index in [-0.39, 0.29) is 6.61 Å². The number of thiophene rings is 2. The predicted molar refractivity (Wildman–Crippen MR) is 156 cm³/mol. The average Bonchev–Trinajstić information content (AvgIpc) is 3.44. The number of halogens is 2. The Morgan fingerprint density at radius 3 is 1.62 bits per heavy atom. The first kappa shape index (κ1) is 29.9. The summed E-state index contributed by atoms with van der Waals surface area (Å²) in [5, 5.41) is 7.57. The summed E-state index contributed by atoms with van der Waals surface area (Å²) in [6, 6.07) is 23.7. The maximum Gasteiger partial charge on any atom is 0.160 e. The molecular weight excluding hydrogens is 596 g/mol. The third kappa shape index (κ3) is 13.6. The van der Waals surface area contributed by atoms with Crippen LogP contribution in [-0.2, 0) is 0 Å². The zero-order valence-corrected chi connectivity index (χ0v) is 24.0. The van der Waals surface area contributed by atoms with E-state index in [1.54, 1.807) is 24.3 Å². The van der Waals surface area contributed by atoms with Crippen LogP contribution in [0.15, 0.2) is 85.4 Å². The number of nitrogens with zero attached hydrogens (tertiary/aromatic N) is 1. The Balaban J connectivity index is 0.000000259. The lowest BCUT2D eigenvalue weighted by molar-refractivity contribution is 0.112. The second-order valence-electron chi connectivity index (χ2n) is 6.72. The molecule has 4 aromatic rings. The van der Waals surface area contributed by atoms with Gasteiger partial charge in [0.1, 0.15) is 0 Å². The van der Waals surface area contributed by atoms with Crippen molar-refractivity contribution in [1.82, 2.24) is 0 Å². The van der Waals surface area contributed by atoms with Gasteiger partial charge in [0.25, 0.3) is 0 Å². The molecule has 0 amide bonds. The van der Waals surface area contributed by atoms with Crippen molar-refractivity contribution in [2.24, 2.45) is 4.99 Å². The molecule has 0 saturated heterocycles. The number of aliphatic hydroxyl groups is 1. The molecule has 0 bridgehead atoms. The minimum atomic E-state index is 0.250. The van der Waals surface area contributed by atoms with E-state index in [0.717, 1.165) is 35.0 Å². The molecule has 0 aliphatic heterocycles. The van der Waals surface area contributed by atoms with Crippen molar-refractivity contribution in [3.63, 3.8) is 0 Å². The summed E-state index contributed by atoms with van der Waals surface area (Å²) in [5.41, 5.74) is 9.75. The molecule has 180 valence electrons. The van der Waals surface area contributed by atoms with Crippen LogP contribution in [0.2, 0.25) is 0 Å². The molecule has 0 spiro atoms. The molecule has 0 radical (unpaired) electrons. The number of aryl methyl sites for hydroxylation is 2. The highest BCUT2D eigenvalue weighted by atomic mass is 79.9. The van der Waals surface area contributed by atoms with Crippen LogP contribution in [0.4, 0.5) is 11.4 Å². The number of benzene rings is 2. The molecule has 2 aromatic carbocycles. The zero-order chi connectivity index (χ0) is 25.3. The van der Waals surface area contributed by atoms with Crippen molar-refractivity contribution in [3.05, 3.63) is 101 Å². The van der Waals surface area contributed by atoms with Crippen LogP contribution in [0.1, 0.15) is 32.6 Å². The molecule has 0 aliphatic carbocycles. The molecule has 4 nitrogen and oxygen atoms in total. The van der Waals surface area contributed by atoms with Crippen molar-refractivity contribution in [2.45, 2.75) is 20.8 Å². The van der Waals surface area contributed by atoms with Gasteiger partial charge in [-0.1, -0.05) is 35.4 Å². The van der Waals surface area contributed by atoms with Crippen LogP contribution in [-0.4, -0.2) is 24.2 Å². The SMILES string of the molecule is CCO.Cc1ccc(N)cc1.Cc1ccc(N=Cc2ccc(Br)s2)cc1.O=Cc1ccc(Br)s1. The number of aldehydes is 1. The predicted octanol–water partition coefficient (Wildman–Crippen LogP) is 8.47. The Kier molecular flexibility index (Phi) is 15.3. The van der Waals surface area contributed by atoms with E-state index in [2.05, 4.69) is 55.9 Å². The van der Waals surface area contributed by atoms with Gasteiger partial charge in [0.2, 0.25) is 0 Å². The average molecular weight is 624 g/mol. The Morgan fingerprint density at radius 2 is 1.26 bits per heavy atom. The van der Waals surface area contributed by atoms with E-state index in [1.165, 1.54) is 22.5 Å². The van der Waals surface area contributed by atoms with Gasteiger partial charge < -0.3 is 10.8 Å². The van der Waals surface area contributed by atoms with Crippen LogP contribution in [0, 0.1) is 13.8 Å². The van der Waals surface area contributed by atoms with Gasteiger partial charge in [0, 0.05) is 23.4 Å². The van der Waals surface area contributed by atoms with Gasteiger partial charge in [-0.2, -0.15) is 0 Å². The fourth-order valence-corrected chi connectivity index (χ4v) is 4.66. The lowest BCUT2D eigenvalue weighted by Gasteiger charge is -1.93. The number of nitrogen functional groups attached to an aromatic ring is 1. The summed E-state index contributed by atoms with van der Waals surface area (Å²) in [4.78, 5) is 16.3. The van der Waals surface area contributed by atoms with Crippen molar-refractivity contribution in [1.29, 1.82) is 0 Å². The Morgan fingerprint density at radius 1 is 0.824 bits per heavy atom. The molecule has 0 fully saturated rings. The number of hydrogen-bond donors (Lipinski definition) is 2. The normalized spacial score (nSPS) is 9.71. The first-order valence-electron chi connectivity index (χ1n) is 10.3. The van der Waals surface area contributed by atoms with Gasteiger partial charge in [-0.05, 0) is 101 Å². The second kappa shape index (κ2) is 17.4. The molecule has 34 heavy (non-hydrogen) atoms. The standard InChI is InChI=1S/C12H10BrNS.C7H9N.C5H3BrOS.C2H6O/c1-9-2-4-10(5-3-9)14-8-11-6-7-12(13)15-11;1-6-2-4-7(8)5-3-6;6-5-2-1-4(3-7)8-5;1-2-3/h2-8H,1H3;2-5H,8H2,1H3;1-3H;3H,2H2,1H3. The van der Waals surface area contributed by atoms with E-state index in [1.807, 2.05) is 67.7 Å². The molecule has 3 N–H and O–H groups in total. The summed E-state index contributed by atoms with van der Waals surface area (Å²) < 4.78 is 2.13. The second-order valence-corrected chi connectivity index (χ2v) is 11.7.